The van der Waals surface area contributed by atoms with Crippen molar-refractivity contribution in [2.24, 2.45) is 11.8 Å². The minimum absolute atomic E-state index is 0.0561. The number of hydrogen-bond donors (Lipinski definition) is 0. The van der Waals surface area contributed by atoms with Crippen LogP contribution in [0.4, 0.5) is 0 Å². The molecule has 0 aliphatic heterocycles. The third kappa shape index (κ3) is 2.33. The van der Waals surface area contributed by atoms with E-state index in [1.54, 1.807) is 13.0 Å². The van der Waals surface area contributed by atoms with Gasteiger partial charge >= 0.3 is 0 Å². The molecule has 3 nitrogen and oxygen atoms in total. The third-order valence-electron chi connectivity index (χ3n) is 3.77. The molecule has 0 saturated heterocycles. The summed E-state index contributed by atoms with van der Waals surface area (Å²) in [6.07, 6.45) is 4.74. The number of carbonyl (C=O) groups is 2. The smallest absolute Gasteiger partial charge is 0.176 e. The lowest BCUT2D eigenvalue weighted by atomic mass is 9.76. The summed E-state index contributed by atoms with van der Waals surface area (Å²) in [5.74, 6) is 0.722. The lowest BCUT2D eigenvalue weighted by Gasteiger charge is -2.26. The largest absolute Gasteiger partial charge is 0.469 e. The zero-order valence-corrected chi connectivity index (χ0v) is 10.4. The average molecular weight is 234 g/mol. The maximum absolute atomic E-state index is 12.3. The Kier molecular flexibility index (Phi) is 3.46. The minimum Gasteiger partial charge on any atom is -0.469 e. The summed E-state index contributed by atoms with van der Waals surface area (Å²) in [7, 11) is 0. The van der Waals surface area contributed by atoms with Crippen LogP contribution in [0.2, 0.25) is 0 Å². The van der Waals surface area contributed by atoms with Crippen LogP contribution in [0.5, 0.6) is 0 Å². The van der Waals surface area contributed by atoms with E-state index in [2.05, 4.69) is 6.92 Å². The van der Waals surface area contributed by atoms with Crippen LogP contribution in [0.15, 0.2) is 16.7 Å². The second-order valence-corrected chi connectivity index (χ2v) is 4.82. The average Bonchev–Trinajstić information content (AvgIpc) is 2.75. The molecule has 0 radical (unpaired) electrons. The van der Waals surface area contributed by atoms with Crippen LogP contribution in [0.3, 0.4) is 0 Å². The first kappa shape index (κ1) is 12.1. The van der Waals surface area contributed by atoms with Gasteiger partial charge in [0.2, 0.25) is 0 Å². The van der Waals surface area contributed by atoms with Crippen LogP contribution >= 0.6 is 0 Å². The van der Waals surface area contributed by atoms with Gasteiger partial charge in [-0.2, -0.15) is 0 Å². The lowest BCUT2D eigenvalue weighted by molar-refractivity contribution is -0.123. The fourth-order valence-electron chi connectivity index (χ4n) is 2.56. The lowest BCUT2D eigenvalue weighted by Crippen LogP contribution is -2.31. The molecule has 1 aromatic heterocycles. The highest BCUT2D eigenvalue weighted by Gasteiger charge is 2.34. The number of furan rings is 1. The Balaban J connectivity index is 2.18. The van der Waals surface area contributed by atoms with Gasteiger partial charge < -0.3 is 4.42 Å². The van der Waals surface area contributed by atoms with Crippen molar-refractivity contribution in [3.05, 3.63) is 23.7 Å². The number of ketones is 2. The summed E-state index contributed by atoms with van der Waals surface area (Å²) in [5.41, 5.74) is 0.570. The molecule has 0 N–H and O–H groups in total. The fourth-order valence-corrected chi connectivity index (χ4v) is 2.56. The van der Waals surface area contributed by atoms with Crippen molar-refractivity contribution in [2.75, 3.05) is 0 Å². The van der Waals surface area contributed by atoms with Crippen LogP contribution in [0.25, 0.3) is 0 Å². The molecule has 2 atom stereocenters. The van der Waals surface area contributed by atoms with E-state index in [4.69, 9.17) is 4.42 Å². The van der Waals surface area contributed by atoms with Crippen LogP contribution in [-0.2, 0) is 4.79 Å². The molecule has 1 aromatic rings. The molecule has 3 heteroatoms. The zero-order chi connectivity index (χ0) is 12.4. The molecule has 1 saturated carbocycles. The molecular formula is C14H18O3. The Morgan fingerprint density at radius 3 is 2.88 bits per heavy atom. The molecule has 0 bridgehead atoms. The zero-order valence-electron chi connectivity index (χ0n) is 10.4. The summed E-state index contributed by atoms with van der Waals surface area (Å²) in [5, 5.41) is 0. The van der Waals surface area contributed by atoms with E-state index in [1.165, 1.54) is 6.26 Å². The minimum atomic E-state index is -0.440. The quantitative estimate of drug-likeness (QED) is 0.596. The number of carbonyl (C=O) groups excluding carboxylic acids is 2. The first-order chi connectivity index (χ1) is 8.13. The van der Waals surface area contributed by atoms with E-state index in [-0.39, 0.29) is 11.6 Å². The Morgan fingerprint density at radius 1 is 1.53 bits per heavy atom. The maximum atomic E-state index is 12.3. The van der Waals surface area contributed by atoms with E-state index >= 15 is 0 Å². The van der Waals surface area contributed by atoms with Gasteiger partial charge in [0.05, 0.1) is 17.7 Å². The van der Waals surface area contributed by atoms with Gasteiger partial charge in [-0.15, -0.1) is 0 Å². The van der Waals surface area contributed by atoms with E-state index in [0.717, 1.165) is 12.8 Å². The molecule has 1 fully saturated rings. The predicted octanol–water partition coefficient (Wildman–Crippen LogP) is 3.17. The standard InChI is InChI=1S/C14H18O3/c1-3-10-4-5-13(15)12(8-10)14(16)11-6-7-17-9(11)2/h6-7,10,12H,3-5,8H2,1-2H3. The molecule has 0 spiro atoms. The summed E-state index contributed by atoms with van der Waals surface area (Å²) in [6, 6.07) is 1.67. The van der Waals surface area contributed by atoms with Crippen molar-refractivity contribution in [1.29, 1.82) is 0 Å². The SMILES string of the molecule is CCC1CCC(=O)C(C(=O)c2ccoc2C)C1. The van der Waals surface area contributed by atoms with E-state index in [9.17, 15) is 9.59 Å². The van der Waals surface area contributed by atoms with E-state index in [1.807, 2.05) is 0 Å². The number of Topliss-reactive ketones (excluding diaryl/α,β-unsaturated/α-hetero) is 2. The second kappa shape index (κ2) is 4.86. The first-order valence-corrected chi connectivity index (χ1v) is 6.24. The van der Waals surface area contributed by atoms with Gasteiger partial charge in [-0.05, 0) is 31.7 Å². The summed E-state index contributed by atoms with van der Waals surface area (Å²) in [6.45, 7) is 3.88. The van der Waals surface area contributed by atoms with Crippen molar-refractivity contribution in [1.82, 2.24) is 0 Å². The van der Waals surface area contributed by atoms with Gasteiger partial charge in [-0.3, -0.25) is 9.59 Å². The van der Waals surface area contributed by atoms with Crippen molar-refractivity contribution in [3.8, 4) is 0 Å². The van der Waals surface area contributed by atoms with Crippen molar-refractivity contribution < 1.29 is 14.0 Å². The molecule has 1 aliphatic rings. The topological polar surface area (TPSA) is 47.3 Å². The molecule has 1 aliphatic carbocycles. The summed E-state index contributed by atoms with van der Waals surface area (Å²) >= 11 is 0. The highest BCUT2D eigenvalue weighted by Crippen LogP contribution is 2.31. The Morgan fingerprint density at radius 2 is 2.29 bits per heavy atom. The van der Waals surface area contributed by atoms with Crippen LogP contribution in [-0.4, -0.2) is 11.6 Å². The number of aryl methyl sites for hydroxylation is 1. The Bertz CT molecular complexity index is 430. The molecule has 2 rings (SSSR count). The van der Waals surface area contributed by atoms with Crippen molar-refractivity contribution in [2.45, 2.75) is 39.5 Å². The number of hydrogen-bond acceptors (Lipinski definition) is 3. The fraction of sp³-hybridized carbons (Fsp3) is 0.571. The first-order valence-electron chi connectivity index (χ1n) is 6.24. The van der Waals surface area contributed by atoms with Crippen LogP contribution in [0.1, 0.15) is 48.7 Å². The van der Waals surface area contributed by atoms with E-state index < -0.39 is 5.92 Å². The van der Waals surface area contributed by atoms with Crippen molar-refractivity contribution in [3.63, 3.8) is 0 Å². The van der Waals surface area contributed by atoms with E-state index in [0.29, 0.717) is 30.1 Å². The highest BCUT2D eigenvalue weighted by atomic mass is 16.3. The molecule has 0 amide bonds. The molecule has 2 unspecified atom stereocenters. The third-order valence-corrected chi connectivity index (χ3v) is 3.77. The normalized spacial score (nSPS) is 24.9. The maximum Gasteiger partial charge on any atom is 0.176 e. The monoisotopic (exact) mass is 234 g/mol. The summed E-state index contributed by atoms with van der Waals surface area (Å²) < 4.78 is 5.13. The molecule has 1 heterocycles. The molecule has 17 heavy (non-hydrogen) atoms. The van der Waals surface area contributed by atoms with Crippen LogP contribution in [0, 0.1) is 18.8 Å². The Hall–Kier alpha value is -1.38. The van der Waals surface area contributed by atoms with Crippen LogP contribution < -0.4 is 0 Å². The predicted molar refractivity (Wildman–Crippen MR) is 63.9 cm³/mol. The van der Waals surface area contributed by atoms with Gasteiger partial charge in [0.25, 0.3) is 0 Å². The van der Waals surface area contributed by atoms with Gasteiger partial charge in [0.1, 0.15) is 11.5 Å². The molecule has 92 valence electrons. The Labute approximate surface area is 101 Å². The molecule has 0 aromatic carbocycles. The van der Waals surface area contributed by atoms with Gasteiger partial charge in [-0.25, -0.2) is 0 Å². The van der Waals surface area contributed by atoms with Gasteiger partial charge in [0.15, 0.2) is 5.78 Å². The highest BCUT2D eigenvalue weighted by molar-refractivity contribution is 6.11. The summed E-state index contributed by atoms with van der Waals surface area (Å²) in [4.78, 5) is 24.1. The van der Waals surface area contributed by atoms with Gasteiger partial charge in [0, 0.05) is 6.42 Å². The van der Waals surface area contributed by atoms with Crippen molar-refractivity contribution >= 4 is 11.6 Å². The second-order valence-electron chi connectivity index (χ2n) is 4.82. The number of rotatable bonds is 3. The van der Waals surface area contributed by atoms with Gasteiger partial charge in [-0.1, -0.05) is 13.3 Å². The molecular weight excluding hydrogens is 216 g/mol.